The zero-order chi connectivity index (χ0) is 17.5. The molecule has 1 aliphatic rings. The van der Waals surface area contributed by atoms with E-state index in [2.05, 4.69) is 16.0 Å². The number of carbonyl (C=O) groups excluding carboxylic acids is 2. The molecule has 4 N–H and O–H groups in total. The van der Waals surface area contributed by atoms with Crippen LogP contribution < -0.4 is 16.0 Å². The molecule has 2 rings (SSSR count). The number of urea groups is 1. The molecule has 1 fully saturated rings. The van der Waals surface area contributed by atoms with Crippen LogP contribution in [0.2, 0.25) is 0 Å². The average Bonchev–Trinajstić information content (AvgIpc) is 2.55. The number of nitrogens with one attached hydrogen (secondary N) is 3. The second-order valence-electron chi connectivity index (χ2n) is 6.04. The van der Waals surface area contributed by atoms with Gasteiger partial charge in [0.2, 0.25) is 5.91 Å². The van der Waals surface area contributed by atoms with Crippen molar-refractivity contribution in [3.63, 3.8) is 0 Å². The Morgan fingerprint density at radius 3 is 2.54 bits per heavy atom. The zero-order valence-corrected chi connectivity index (χ0v) is 13.7. The maximum Gasteiger partial charge on any atom is 0.336 e. The van der Waals surface area contributed by atoms with Crippen LogP contribution in [0.15, 0.2) is 18.2 Å². The smallest absolute Gasteiger partial charge is 0.336 e. The van der Waals surface area contributed by atoms with E-state index in [0.717, 1.165) is 25.7 Å². The molecule has 3 amide bonds. The molecule has 7 heteroatoms. The molecule has 0 unspecified atom stereocenters. The lowest BCUT2D eigenvalue weighted by Gasteiger charge is -2.22. The van der Waals surface area contributed by atoms with Crippen LogP contribution in [0.25, 0.3) is 0 Å². The highest BCUT2D eigenvalue weighted by Crippen LogP contribution is 2.17. The van der Waals surface area contributed by atoms with Crippen LogP contribution in [0.5, 0.6) is 0 Å². The lowest BCUT2D eigenvalue weighted by molar-refractivity contribution is -0.115. The second kappa shape index (κ2) is 8.33. The van der Waals surface area contributed by atoms with Gasteiger partial charge in [-0.25, -0.2) is 9.59 Å². The zero-order valence-electron chi connectivity index (χ0n) is 13.7. The molecule has 1 aromatic carbocycles. The Morgan fingerprint density at radius 1 is 1.17 bits per heavy atom. The fraction of sp³-hybridized carbons (Fsp3) is 0.471. The molecule has 130 valence electrons. The van der Waals surface area contributed by atoms with Crippen LogP contribution in [-0.4, -0.2) is 35.6 Å². The Bertz CT molecular complexity index is 624. The Kier molecular flexibility index (Phi) is 6.17. The predicted molar refractivity (Wildman–Crippen MR) is 90.2 cm³/mol. The maximum atomic E-state index is 11.9. The molecular weight excluding hydrogens is 310 g/mol. The number of rotatable bonds is 5. The first-order valence-electron chi connectivity index (χ1n) is 8.14. The molecule has 24 heavy (non-hydrogen) atoms. The van der Waals surface area contributed by atoms with Gasteiger partial charge in [-0.15, -0.1) is 0 Å². The molecule has 0 aliphatic heterocycles. The van der Waals surface area contributed by atoms with Crippen LogP contribution in [0.3, 0.4) is 0 Å². The highest BCUT2D eigenvalue weighted by molar-refractivity contribution is 5.96. The molecule has 0 atom stereocenters. The number of carboxylic acid groups (broad SMARTS) is 1. The van der Waals surface area contributed by atoms with Gasteiger partial charge in [-0.2, -0.15) is 0 Å². The first kappa shape index (κ1) is 17.8. The van der Waals surface area contributed by atoms with Crippen molar-refractivity contribution in [2.45, 2.75) is 45.1 Å². The van der Waals surface area contributed by atoms with Gasteiger partial charge in [-0.3, -0.25) is 4.79 Å². The number of benzene rings is 1. The van der Waals surface area contributed by atoms with Crippen molar-refractivity contribution in [1.82, 2.24) is 10.6 Å². The average molecular weight is 333 g/mol. The number of amides is 3. The van der Waals surface area contributed by atoms with Crippen molar-refractivity contribution < 1.29 is 19.5 Å². The van der Waals surface area contributed by atoms with E-state index in [-0.39, 0.29) is 24.2 Å². The van der Waals surface area contributed by atoms with E-state index in [1.165, 1.54) is 12.5 Å². The van der Waals surface area contributed by atoms with E-state index in [1.807, 2.05) is 0 Å². The molecule has 1 aliphatic carbocycles. The van der Waals surface area contributed by atoms with Crippen molar-refractivity contribution in [2.75, 3.05) is 11.9 Å². The van der Waals surface area contributed by atoms with Gasteiger partial charge in [0.05, 0.1) is 12.1 Å². The first-order chi connectivity index (χ1) is 11.5. The Balaban J connectivity index is 1.79. The van der Waals surface area contributed by atoms with Crippen LogP contribution >= 0.6 is 0 Å². The third kappa shape index (κ3) is 5.26. The lowest BCUT2D eigenvalue weighted by atomic mass is 9.96. The molecule has 0 spiro atoms. The molecule has 0 bridgehead atoms. The minimum absolute atomic E-state index is 0.135. The summed E-state index contributed by atoms with van der Waals surface area (Å²) in [5, 5.41) is 17.0. The Morgan fingerprint density at radius 2 is 1.88 bits per heavy atom. The summed E-state index contributed by atoms with van der Waals surface area (Å²) in [7, 11) is 0. The third-order valence-corrected chi connectivity index (χ3v) is 4.10. The van der Waals surface area contributed by atoms with E-state index in [1.54, 1.807) is 19.1 Å². The number of anilines is 1. The van der Waals surface area contributed by atoms with Crippen molar-refractivity contribution in [3.8, 4) is 0 Å². The van der Waals surface area contributed by atoms with E-state index < -0.39 is 11.9 Å². The Hall–Kier alpha value is -2.57. The van der Waals surface area contributed by atoms with Crippen LogP contribution in [-0.2, 0) is 4.79 Å². The first-order valence-corrected chi connectivity index (χ1v) is 8.14. The number of carboxylic acids is 1. The monoisotopic (exact) mass is 333 g/mol. The molecule has 1 saturated carbocycles. The Labute approximate surface area is 140 Å². The lowest BCUT2D eigenvalue weighted by Crippen LogP contribution is -2.45. The van der Waals surface area contributed by atoms with Crippen molar-refractivity contribution in [1.29, 1.82) is 0 Å². The summed E-state index contributed by atoms with van der Waals surface area (Å²) in [6.45, 7) is 1.51. The summed E-state index contributed by atoms with van der Waals surface area (Å²) >= 11 is 0. The third-order valence-electron chi connectivity index (χ3n) is 4.10. The summed E-state index contributed by atoms with van der Waals surface area (Å²) < 4.78 is 0. The summed E-state index contributed by atoms with van der Waals surface area (Å²) in [6.07, 6.45) is 5.38. The van der Waals surface area contributed by atoms with Crippen molar-refractivity contribution in [3.05, 3.63) is 29.3 Å². The van der Waals surface area contributed by atoms with Gasteiger partial charge in [0, 0.05) is 11.7 Å². The molecule has 0 saturated heterocycles. The molecule has 7 nitrogen and oxygen atoms in total. The number of aromatic carboxylic acids is 1. The van der Waals surface area contributed by atoms with Gasteiger partial charge < -0.3 is 21.1 Å². The standard InChI is InChI=1S/C17H23N3O4/c1-11-7-8-13(9-14(11)16(22)23)19-15(21)10-18-17(24)20-12-5-3-2-4-6-12/h7-9,12H,2-6,10H2,1H3,(H,19,21)(H,22,23)(H2,18,20,24). The fourth-order valence-corrected chi connectivity index (χ4v) is 2.78. The number of aryl methyl sites for hydroxylation is 1. The highest BCUT2D eigenvalue weighted by Gasteiger charge is 2.16. The molecule has 0 radical (unpaired) electrons. The second-order valence-corrected chi connectivity index (χ2v) is 6.04. The normalized spacial score (nSPS) is 14.7. The van der Waals surface area contributed by atoms with Gasteiger partial charge in [0.25, 0.3) is 0 Å². The largest absolute Gasteiger partial charge is 0.478 e. The summed E-state index contributed by atoms with van der Waals surface area (Å²) in [4.78, 5) is 34.7. The summed E-state index contributed by atoms with van der Waals surface area (Å²) in [5.74, 6) is -1.46. The summed E-state index contributed by atoms with van der Waals surface area (Å²) in [6, 6.07) is 4.48. The maximum absolute atomic E-state index is 11.9. The van der Waals surface area contributed by atoms with Crippen LogP contribution in [0.4, 0.5) is 10.5 Å². The minimum Gasteiger partial charge on any atom is -0.478 e. The van der Waals surface area contributed by atoms with Gasteiger partial charge in [0.15, 0.2) is 0 Å². The van der Waals surface area contributed by atoms with E-state index in [4.69, 9.17) is 5.11 Å². The predicted octanol–water partition coefficient (Wildman–Crippen LogP) is 2.26. The van der Waals surface area contributed by atoms with E-state index in [9.17, 15) is 14.4 Å². The van der Waals surface area contributed by atoms with Crippen LogP contribution in [0.1, 0.15) is 48.0 Å². The van der Waals surface area contributed by atoms with Crippen molar-refractivity contribution >= 4 is 23.6 Å². The molecule has 1 aromatic rings. The van der Waals surface area contributed by atoms with Gasteiger partial charge in [-0.05, 0) is 37.5 Å². The van der Waals surface area contributed by atoms with Crippen molar-refractivity contribution in [2.24, 2.45) is 0 Å². The van der Waals surface area contributed by atoms with E-state index >= 15 is 0 Å². The number of hydrogen-bond donors (Lipinski definition) is 4. The SMILES string of the molecule is Cc1ccc(NC(=O)CNC(=O)NC2CCCCC2)cc1C(=O)O. The van der Waals surface area contributed by atoms with E-state index in [0.29, 0.717) is 11.3 Å². The van der Waals surface area contributed by atoms with Gasteiger partial charge >= 0.3 is 12.0 Å². The van der Waals surface area contributed by atoms with Gasteiger partial charge in [-0.1, -0.05) is 25.3 Å². The fourth-order valence-electron chi connectivity index (χ4n) is 2.78. The van der Waals surface area contributed by atoms with Gasteiger partial charge in [0.1, 0.15) is 0 Å². The topological polar surface area (TPSA) is 108 Å². The molecule has 0 heterocycles. The minimum atomic E-state index is -1.05. The number of hydrogen-bond acceptors (Lipinski definition) is 3. The molecule has 0 aromatic heterocycles. The van der Waals surface area contributed by atoms with Crippen LogP contribution in [0, 0.1) is 6.92 Å². The summed E-state index contributed by atoms with van der Waals surface area (Å²) in [5.41, 5.74) is 1.14. The highest BCUT2D eigenvalue weighted by atomic mass is 16.4. The quantitative estimate of drug-likeness (QED) is 0.663. The molecular formula is C17H23N3O4. The number of carbonyl (C=O) groups is 3.